The number of carbonyl (C=O) groups is 2. The summed E-state index contributed by atoms with van der Waals surface area (Å²) in [4.78, 5) is 23.0. The molecular formula is C14H20N2O3. The predicted octanol–water partition coefficient (Wildman–Crippen LogP) is 1.73. The minimum Gasteiger partial charge on any atom is -0.452 e. The van der Waals surface area contributed by atoms with Crippen LogP contribution < -0.4 is 11.1 Å². The highest BCUT2D eigenvalue weighted by atomic mass is 16.5. The van der Waals surface area contributed by atoms with Crippen LogP contribution in [0, 0.1) is 0 Å². The normalized spacial score (nSPS) is 9.95. The fraction of sp³-hybridized carbons (Fsp3) is 0.429. The molecule has 5 nitrogen and oxygen atoms in total. The number of ether oxygens (including phenoxy) is 1. The van der Waals surface area contributed by atoms with Crippen LogP contribution in [0.2, 0.25) is 0 Å². The summed E-state index contributed by atoms with van der Waals surface area (Å²) in [7, 11) is 0. The van der Waals surface area contributed by atoms with Crippen LogP contribution in [-0.2, 0) is 9.53 Å². The summed E-state index contributed by atoms with van der Waals surface area (Å²) in [5.41, 5.74) is 6.47. The number of esters is 1. The molecule has 0 aliphatic heterocycles. The standard InChI is InChI=1S/C14H20N2O3/c1-2-3-4-9-16-13(17)10-19-14(18)11-5-7-12(15)8-6-11/h5-8H,2-4,9-10,15H2,1H3,(H,16,17). The van der Waals surface area contributed by atoms with Crippen LogP contribution in [0.5, 0.6) is 0 Å². The van der Waals surface area contributed by atoms with Gasteiger partial charge < -0.3 is 15.8 Å². The van der Waals surface area contributed by atoms with Crippen molar-refractivity contribution in [1.82, 2.24) is 5.32 Å². The van der Waals surface area contributed by atoms with E-state index >= 15 is 0 Å². The third kappa shape index (κ3) is 5.90. The second kappa shape index (κ2) is 8.13. The number of benzene rings is 1. The molecule has 1 amide bonds. The molecule has 3 N–H and O–H groups in total. The number of anilines is 1. The zero-order valence-electron chi connectivity index (χ0n) is 11.1. The van der Waals surface area contributed by atoms with E-state index in [0.717, 1.165) is 19.3 Å². The number of unbranched alkanes of at least 4 members (excludes halogenated alkanes) is 2. The second-order valence-electron chi connectivity index (χ2n) is 4.26. The third-order valence-electron chi connectivity index (χ3n) is 2.58. The molecule has 0 aliphatic rings. The summed E-state index contributed by atoms with van der Waals surface area (Å²) in [5.74, 6) is -0.802. The number of nitrogen functional groups attached to an aromatic ring is 1. The van der Waals surface area contributed by atoms with Crippen molar-refractivity contribution in [1.29, 1.82) is 0 Å². The van der Waals surface area contributed by atoms with Crippen LogP contribution in [0.1, 0.15) is 36.5 Å². The van der Waals surface area contributed by atoms with E-state index in [-0.39, 0.29) is 12.5 Å². The van der Waals surface area contributed by atoms with Crippen LogP contribution in [0.15, 0.2) is 24.3 Å². The summed E-state index contributed by atoms with van der Waals surface area (Å²) in [5, 5.41) is 2.70. The Morgan fingerprint density at radius 1 is 1.21 bits per heavy atom. The van der Waals surface area contributed by atoms with Crippen molar-refractivity contribution in [3.63, 3.8) is 0 Å². The zero-order chi connectivity index (χ0) is 14.1. The zero-order valence-corrected chi connectivity index (χ0v) is 11.1. The number of carbonyl (C=O) groups excluding carboxylic acids is 2. The molecular weight excluding hydrogens is 244 g/mol. The Hall–Kier alpha value is -2.04. The van der Waals surface area contributed by atoms with Crippen molar-refractivity contribution in [3.8, 4) is 0 Å². The lowest BCUT2D eigenvalue weighted by Crippen LogP contribution is -2.29. The fourth-order valence-corrected chi connectivity index (χ4v) is 1.49. The van der Waals surface area contributed by atoms with Gasteiger partial charge in [0, 0.05) is 12.2 Å². The van der Waals surface area contributed by atoms with Crippen LogP contribution >= 0.6 is 0 Å². The lowest BCUT2D eigenvalue weighted by atomic mass is 10.2. The van der Waals surface area contributed by atoms with Gasteiger partial charge in [-0.3, -0.25) is 4.79 Å². The molecule has 1 aromatic rings. The van der Waals surface area contributed by atoms with E-state index in [4.69, 9.17) is 10.5 Å². The molecule has 0 saturated heterocycles. The molecule has 0 heterocycles. The predicted molar refractivity (Wildman–Crippen MR) is 73.7 cm³/mol. The molecule has 0 fully saturated rings. The lowest BCUT2D eigenvalue weighted by molar-refractivity contribution is -0.124. The van der Waals surface area contributed by atoms with Crippen molar-refractivity contribution in [3.05, 3.63) is 29.8 Å². The summed E-state index contributed by atoms with van der Waals surface area (Å²) in [6, 6.07) is 6.36. The Kier molecular flexibility index (Phi) is 6.43. The number of nitrogens with two attached hydrogens (primary N) is 1. The van der Waals surface area contributed by atoms with Crippen molar-refractivity contribution in [2.75, 3.05) is 18.9 Å². The molecule has 0 radical (unpaired) electrons. The number of hydrogen-bond acceptors (Lipinski definition) is 4. The minimum atomic E-state index is -0.524. The number of hydrogen-bond donors (Lipinski definition) is 2. The monoisotopic (exact) mass is 264 g/mol. The quantitative estimate of drug-likeness (QED) is 0.446. The molecule has 1 aromatic carbocycles. The van der Waals surface area contributed by atoms with Crippen LogP contribution in [-0.4, -0.2) is 25.0 Å². The van der Waals surface area contributed by atoms with Gasteiger partial charge in [-0.2, -0.15) is 0 Å². The molecule has 0 bridgehead atoms. The third-order valence-corrected chi connectivity index (χ3v) is 2.58. The van der Waals surface area contributed by atoms with Crippen molar-refractivity contribution in [2.45, 2.75) is 26.2 Å². The van der Waals surface area contributed by atoms with E-state index in [0.29, 0.717) is 17.8 Å². The van der Waals surface area contributed by atoms with Crippen molar-refractivity contribution in [2.24, 2.45) is 0 Å². The summed E-state index contributed by atoms with van der Waals surface area (Å²) in [6.45, 7) is 2.46. The molecule has 104 valence electrons. The molecule has 0 spiro atoms. The minimum absolute atomic E-state index is 0.255. The smallest absolute Gasteiger partial charge is 0.338 e. The molecule has 0 atom stereocenters. The topological polar surface area (TPSA) is 81.4 Å². The summed E-state index contributed by atoms with van der Waals surface area (Å²) >= 11 is 0. The molecule has 0 aromatic heterocycles. The first-order valence-electron chi connectivity index (χ1n) is 6.43. The highest BCUT2D eigenvalue weighted by molar-refractivity contribution is 5.91. The Balaban J connectivity index is 2.26. The molecule has 1 rings (SSSR count). The Morgan fingerprint density at radius 3 is 2.53 bits per heavy atom. The van der Waals surface area contributed by atoms with Gasteiger partial charge >= 0.3 is 5.97 Å². The highest BCUT2D eigenvalue weighted by Crippen LogP contribution is 2.06. The van der Waals surface area contributed by atoms with Crippen LogP contribution in [0.3, 0.4) is 0 Å². The van der Waals surface area contributed by atoms with Gasteiger partial charge in [0.1, 0.15) is 0 Å². The average Bonchev–Trinajstić information content (AvgIpc) is 2.42. The van der Waals surface area contributed by atoms with E-state index < -0.39 is 5.97 Å². The van der Waals surface area contributed by atoms with Crippen LogP contribution in [0.25, 0.3) is 0 Å². The average molecular weight is 264 g/mol. The van der Waals surface area contributed by atoms with E-state index in [1.807, 2.05) is 0 Å². The van der Waals surface area contributed by atoms with Gasteiger partial charge in [-0.05, 0) is 30.7 Å². The van der Waals surface area contributed by atoms with Gasteiger partial charge in [0.15, 0.2) is 6.61 Å². The maximum atomic E-state index is 11.6. The van der Waals surface area contributed by atoms with Gasteiger partial charge in [-0.1, -0.05) is 19.8 Å². The maximum Gasteiger partial charge on any atom is 0.338 e. The first kappa shape index (κ1) is 15.0. The molecule has 0 unspecified atom stereocenters. The van der Waals surface area contributed by atoms with Gasteiger partial charge in [0.2, 0.25) is 0 Å². The van der Waals surface area contributed by atoms with Crippen molar-refractivity contribution < 1.29 is 14.3 Å². The highest BCUT2D eigenvalue weighted by Gasteiger charge is 2.09. The van der Waals surface area contributed by atoms with Gasteiger partial charge in [0.05, 0.1) is 5.56 Å². The van der Waals surface area contributed by atoms with Crippen LogP contribution in [0.4, 0.5) is 5.69 Å². The van der Waals surface area contributed by atoms with Gasteiger partial charge in [0.25, 0.3) is 5.91 Å². The SMILES string of the molecule is CCCCCNC(=O)COC(=O)c1ccc(N)cc1. The summed E-state index contributed by atoms with van der Waals surface area (Å²) < 4.78 is 4.89. The Morgan fingerprint density at radius 2 is 1.89 bits per heavy atom. The van der Waals surface area contributed by atoms with E-state index in [9.17, 15) is 9.59 Å². The fourth-order valence-electron chi connectivity index (χ4n) is 1.49. The first-order valence-corrected chi connectivity index (χ1v) is 6.43. The largest absolute Gasteiger partial charge is 0.452 e. The van der Waals surface area contributed by atoms with Crippen molar-refractivity contribution >= 4 is 17.6 Å². The second-order valence-corrected chi connectivity index (χ2v) is 4.26. The van der Waals surface area contributed by atoms with E-state index in [1.54, 1.807) is 24.3 Å². The van der Waals surface area contributed by atoms with Gasteiger partial charge in [-0.25, -0.2) is 4.79 Å². The molecule has 5 heteroatoms. The Labute approximate surface area is 113 Å². The maximum absolute atomic E-state index is 11.6. The summed E-state index contributed by atoms with van der Waals surface area (Å²) in [6.07, 6.45) is 3.11. The molecule has 0 saturated carbocycles. The van der Waals surface area contributed by atoms with E-state index in [2.05, 4.69) is 12.2 Å². The molecule has 19 heavy (non-hydrogen) atoms. The number of nitrogens with one attached hydrogen (secondary N) is 1. The first-order chi connectivity index (χ1) is 9.13. The molecule has 0 aliphatic carbocycles. The number of amides is 1. The Bertz CT molecular complexity index is 415. The number of rotatable bonds is 7. The van der Waals surface area contributed by atoms with Gasteiger partial charge in [-0.15, -0.1) is 0 Å². The lowest BCUT2D eigenvalue weighted by Gasteiger charge is -2.06. The van der Waals surface area contributed by atoms with E-state index in [1.165, 1.54) is 0 Å².